The molecule has 1 saturated carbocycles. The van der Waals surface area contributed by atoms with Gasteiger partial charge < -0.3 is 10.6 Å². The summed E-state index contributed by atoms with van der Waals surface area (Å²) in [6.07, 6.45) is 12.0. The molecule has 1 aliphatic heterocycles. The van der Waals surface area contributed by atoms with Crippen molar-refractivity contribution < 1.29 is 4.79 Å². The number of piperidine rings is 1. The molecule has 0 aromatic rings. The van der Waals surface area contributed by atoms with Gasteiger partial charge in [-0.15, -0.1) is 0 Å². The topological polar surface area (TPSA) is 46.3 Å². The second-order valence-corrected chi connectivity index (χ2v) is 6.39. The van der Waals surface area contributed by atoms with Gasteiger partial charge in [0.05, 0.1) is 0 Å². The van der Waals surface area contributed by atoms with E-state index in [2.05, 4.69) is 4.90 Å². The highest BCUT2D eigenvalue weighted by molar-refractivity contribution is 5.76. The molecule has 0 aromatic carbocycles. The zero-order valence-corrected chi connectivity index (χ0v) is 12.3. The number of unbranched alkanes of at least 4 members (excludes halogenated alkanes) is 3. The van der Waals surface area contributed by atoms with E-state index in [0.717, 1.165) is 57.2 Å². The molecule has 2 fully saturated rings. The van der Waals surface area contributed by atoms with Crippen molar-refractivity contribution in [3.8, 4) is 0 Å². The maximum Gasteiger partial charge on any atom is 0.222 e. The van der Waals surface area contributed by atoms with Crippen LogP contribution in [0, 0.1) is 11.8 Å². The summed E-state index contributed by atoms with van der Waals surface area (Å²) >= 11 is 0. The van der Waals surface area contributed by atoms with Gasteiger partial charge in [-0.3, -0.25) is 4.79 Å². The van der Waals surface area contributed by atoms with Gasteiger partial charge in [-0.1, -0.05) is 32.1 Å². The molecule has 1 saturated heterocycles. The number of amides is 1. The van der Waals surface area contributed by atoms with E-state index in [9.17, 15) is 4.79 Å². The third-order valence-electron chi connectivity index (χ3n) is 4.99. The second kappa shape index (κ2) is 7.88. The molecule has 19 heavy (non-hydrogen) atoms. The summed E-state index contributed by atoms with van der Waals surface area (Å²) in [5.74, 6) is 2.13. The molecule has 2 atom stereocenters. The molecule has 1 heterocycles. The molecule has 3 nitrogen and oxygen atoms in total. The Hall–Kier alpha value is -0.570. The van der Waals surface area contributed by atoms with Crippen molar-refractivity contribution in [3.05, 3.63) is 0 Å². The van der Waals surface area contributed by atoms with Crippen molar-refractivity contribution in [1.29, 1.82) is 0 Å². The maximum atomic E-state index is 12.2. The molecule has 2 aliphatic rings. The van der Waals surface area contributed by atoms with Gasteiger partial charge in [0.2, 0.25) is 5.91 Å². The van der Waals surface area contributed by atoms with Crippen LogP contribution in [0.3, 0.4) is 0 Å². The van der Waals surface area contributed by atoms with E-state index < -0.39 is 0 Å². The molecule has 3 heteroatoms. The predicted octanol–water partition coefficient (Wildman–Crippen LogP) is 2.93. The fourth-order valence-corrected chi connectivity index (χ4v) is 3.76. The van der Waals surface area contributed by atoms with Crippen LogP contribution in [0.2, 0.25) is 0 Å². The maximum absolute atomic E-state index is 12.2. The van der Waals surface area contributed by atoms with Crippen molar-refractivity contribution in [2.45, 2.75) is 64.2 Å². The monoisotopic (exact) mass is 266 g/mol. The molecule has 0 spiro atoms. The first kappa shape index (κ1) is 14.8. The van der Waals surface area contributed by atoms with Crippen LogP contribution < -0.4 is 5.73 Å². The Morgan fingerprint density at radius 3 is 2.53 bits per heavy atom. The van der Waals surface area contributed by atoms with E-state index in [4.69, 9.17) is 5.73 Å². The Morgan fingerprint density at radius 2 is 1.74 bits per heavy atom. The zero-order valence-electron chi connectivity index (χ0n) is 12.3. The van der Waals surface area contributed by atoms with E-state index in [1.54, 1.807) is 0 Å². The highest BCUT2D eigenvalue weighted by atomic mass is 16.2. The average Bonchev–Trinajstić information content (AvgIpc) is 2.46. The first-order valence-corrected chi connectivity index (χ1v) is 8.29. The zero-order chi connectivity index (χ0) is 13.5. The molecular formula is C16H30N2O. The van der Waals surface area contributed by atoms with E-state index in [1.807, 2.05) is 0 Å². The summed E-state index contributed by atoms with van der Waals surface area (Å²) in [4.78, 5) is 14.4. The molecule has 2 N–H and O–H groups in total. The number of rotatable bonds is 6. The third-order valence-corrected chi connectivity index (χ3v) is 4.99. The minimum absolute atomic E-state index is 0.400. The van der Waals surface area contributed by atoms with Gasteiger partial charge in [-0.2, -0.15) is 0 Å². The lowest BCUT2D eigenvalue weighted by Crippen LogP contribution is -2.44. The first-order valence-electron chi connectivity index (χ1n) is 8.29. The Morgan fingerprint density at radius 1 is 1.00 bits per heavy atom. The van der Waals surface area contributed by atoms with Crippen LogP contribution in [-0.4, -0.2) is 30.4 Å². The van der Waals surface area contributed by atoms with Gasteiger partial charge in [0, 0.05) is 19.5 Å². The Labute approximate surface area is 117 Å². The number of likely N-dealkylation sites (tertiary alicyclic amines) is 1. The van der Waals surface area contributed by atoms with Crippen molar-refractivity contribution in [2.24, 2.45) is 17.6 Å². The van der Waals surface area contributed by atoms with Crippen LogP contribution in [0.15, 0.2) is 0 Å². The molecule has 0 aromatic heterocycles. The number of carbonyl (C=O) groups is 1. The van der Waals surface area contributed by atoms with Crippen LogP contribution >= 0.6 is 0 Å². The highest BCUT2D eigenvalue weighted by Crippen LogP contribution is 2.36. The van der Waals surface area contributed by atoms with E-state index >= 15 is 0 Å². The number of nitrogens with two attached hydrogens (primary N) is 1. The SMILES string of the molecule is NCCCCCCC(=O)N1CCC2CCCCC2C1. The summed E-state index contributed by atoms with van der Waals surface area (Å²) in [6, 6.07) is 0. The van der Waals surface area contributed by atoms with Gasteiger partial charge in [-0.25, -0.2) is 0 Å². The first-order chi connectivity index (χ1) is 9.31. The van der Waals surface area contributed by atoms with Gasteiger partial charge in [-0.05, 0) is 44.1 Å². The fraction of sp³-hybridized carbons (Fsp3) is 0.938. The molecule has 2 rings (SSSR count). The van der Waals surface area contributed by atoms with Gasteiger partial charge in [0.25, 0.3) is 0 Å². The Balaban J connectivity index is 1.65. The van der Waals surface area contributed by atoms with Crippen molar-refractivity contribution in [1.82, 2.24) is 4.90 Å². The molecule has 0 radical (unpaired) electrons. The van der Waals surface area contributed by atoms with Crippen LogP contribution in [0.5, 0.6) is 0 Å². The second-order valence-electron chi connectivity index (χ2n) is 6.39. The number of fused-ring (bicyclic) bond motifs is 1. The van der Waals surface area contributed by atoms with Crippen LogP contribution in [0.4, 0.5) is 0 Å². The van der Waals surface area contributed by atoms with Crippen molar-refractivity contribution >= 4 is 5.91 Å². The lowest BCUT2D eigenvalue weighted by Gasteiger charge is -2.41. The lowest BCUT2D eigenvalue weighted by atomic mass is 9.75. The number of carbonyl (C=O) groups excluding carboxylic acids is 1. The normalized spacial score (nSPS) is 27.1. The average molecular weight is 266 g/mol. The quantitative estimate of drug-likeness (QED) is 0.751. The highest BCUT2D eigenvalue weighted by Gasteiger charge is 2.32. The molecule has 2 unspecified atom stereocenters. The van der Waals surface area contributed by atoms with Gasteiger partial charge in [0.1, 0.15) is 0 Å². The number of hydrogen-bond acceptors (Lipinski definition) is 2. The fourth-order valence-electron chi connectivity index (χ4n) is 3.76. The van der Waals surface area contributed by atoms with Crippen LogP contribution in [0.25, 0.3) is 0 Å². The standard InChI is InChI=1S/C16H30N2O/c17-11-6-2-1-3-9-16(19)18-12-10-14-7-4-5-8-15(14)13-18/h14-15H,1-13,17H2. The van der Waals surface area contributed by atoms with Crippen molar-refractivity contribution in [3.63, 3.8) is 0 Å². The summed E-state index contributed by atoms with van der Waals surface area (Å²) < 4.78 is 0. The third kappa shape index (κ3) is 4.48. The molecule has 0 bridgehead atoms. The number of nitrogens with zero attached hydrogens (tertiary/aromatic N) is 1. The predicted molar refractivity (Wildman–Crippen MR) is 78.8 cm³/mol. The summed E-state index contributed by atoms with van der Waals surface area (Å²) in [5, 5.41) is 0. The molecule has 110 valence electrons. The largest absolute Gasteiger partial charge is 0.342 e. The van der Waals surface area contributed by atoms with Crippen molar-refractivity contribution in [2.75, 3.05) is 19.6 Å². The summed E-state index contributed by atoms with van der Waals surface area (Å²) in [7, 11) is 0. The lowest BCUT2D eigenvalue weighted by molar-refractivity contribution is -0.134. The summed E-state index contributed by atoms with van der Waals surface area (Å²) in [5.41, 5.74) is 5.47. The van der Waals surface area contributed by atoms with E-state index in [1.165, 1.54) is 38.5 Å². The number of hydrogen-bond donors (Lipinski definition) is 1. The molecular weight excluding hydrogens is 236 g/mol. The summed E-state index contributed by atoms with van der Waals surface area (Å²) in [6.45, 7) is 2.85. The molecule has 1 amide bonds. The van der Waals surface area contributed by atoms with Crippen LogP contribution in [0.1, 0.15) is 64.2 Å². The smallest absolute Gasteiger partial charge is 0.222 e. The van der Waals surface area contributed by atoms with Crippen LogP contribution in [-0.2, 0) is 4.79 Å². The minimum atomic E-state index is 0.400. The van der Waals surface area contributed by atoms with E-state index in [0.29, 0.717) is 5.91 Å². The van der Waals surface area contributed by atoms with Gasteiger partial charge in [0.15, 0.2) is 0 Å². The minimum Gasteiger partial charge on any atom is -0.342 e. The van der Waals surface area contributed by atoms with E-state index in [-0.39, 0.29) is 0 Å². The Bertz CT molecular complexity index is 280. The Kier molecular flexibility index (Phi) is 6.15. The van der Waals surface area contributed by atoms with Gasteiger partial charge >= 0.3 is 0 Å². The molecule has 1 aliphatic carbocycles.